The average molecular weight is 468 g/mol. The Bertz CT molecular complexity index is 819. The highest BCUT2D eigenvalue weighted by molar-refractivity contribution is 6.74. The van der Waals surface area contributed by atoms with Crippen LogP contribution in [0.25, 0.3) is 0 Å². The summed E-state index contributed by atoms with van der Waals surface area (Å²) in [6.45, 7) is 10.6. The van der Waals surface area contributed by atoms with Crippen LogP contribution in [0, 0.1) is 18.3 Å². The van der Waals surface area contributed by atoms with Gasteiger partial charge in [-0.3, -0.25) is 0 Å². The summed E-state index contributed by atoms with van der Waals surface area (Å²) in [6, 6.07) is -1.00. The van der Waals surface area contributed by atoms with Crippen LogP contribution in [0.15, 0.2) is 11.6 Å². The van der Waals surface area contributed by atoms with E-state index in [1.165, 1.54) is 20.3 Å². The second kappa shape index (κ2) is 9.35. The topological polar surface area (TPSA) is 109 Å². The second-order valence-corrected chi connectivity index (χ2v) is 14.1. The van der Waals surface area contributed by atoms with E-state index < -0.39 is 43.7 Å². The molecule has 1 aliphatic carbocycles. The minimum absolute atomic E-state index is 0.0369. The molecule has 9 nitrogen and oxygen atoms in total. The summed E-state index contributed by atoms with van der Waals surface area (Å²) in [5.41, 5.74) is -1.29. The lowest BCUT2D eigenvalue weighted by Crippen LogP contribution is -2.68. The molecule has 2 fully saturated rings. The molecule has 1 spiro atoms. The SMILES string of the molecule is C#C[C@]1(O[Si](C)(C)C(C)(C)C)CC2(OCCO2)C(NC(=O)OC)C(C=O)/C1=C\C(=O)OC. The molecule has 1 heterocycles. The van der Waals surface area contributed by atoms with Crippen molar-refractivity contribution in [2.24, 2.45) is 5.92 Å². The molecule has 32 heavy (non-hydrogen) atoms. The Morgan fingerprint density at radius 3 is 2.25 bits per heavy atom. The molecule has 0 bridgehead atoms. The smallest absolute Gasteiger partial charge is 0.407 e. The van der Waals surface area contributed by atoms with Gasteiger partial charge in [0.2, 0.25) is 0 Å². The van der Waals surface area contributed by atoms with E-state index in [0.717, 1.165) is 0 Å². The van der Waals surface area contributed by atoms with E-state index in [4.69, 9.17) is 29.8 Å². The number of terminal acetylenes is 1. The molecule has 0 radical (unpaired) electrons. The van der Waals surface area contributed by atoms with Crippen LogP contribution in [-0.2, 0) is 33.0 Å². The predicted octanol–water partition coefficient (Wildman–Crippen LogP) is 2.17. The van der Waals surface area contributed by atoms with Gasteiger partial charge in [-0.25, -0.2) is 9.59 Å². The van der Waals surface area contributed by atoms with Gasteiger partial charge >= 0.3 is 12.1 Å². The number of alkyl carbamates (subject to hydrolysis) is 1. The molecule has 0 aromatic carbocycles. The molecule has 1 saturated heterocycles. The zero-order chi connectivity index (χ0) is 24.4. The van der Waals surface area contributed by atoms with Crippen molar-refractivity contribution < 1.29 is 37.8 Å². The Kier molecular flexibility index (Phi) is 7.62. The van der Waals surface area contributed by atoms with Crippen molar-refractivity contribution in [1.82, 2.24) is 5.32 Å². The summed E-state index contributed by atoms with van der Waals surface area (Å²) in [5, 5.41) is 2.40. The first-order valence-electron chi connectivity index (χ1n) is 10.4. The van der Waals surface area contributed by atoms with E-state index in [0.29, 0.717) is 6.29 Å². The number of nitrogens with one attached hydrogen (secondary N) is 1. The van der Waals surface area contributed by atoms with Gasteiger partial charge in [0.25, 0.3) is 0 Å². The van der Waals surface area contributed by atoms with Crippen LogP contribution < -0.4 is 5.32 Å². The number of amides is 1. The minimum atomic E-state index is -2.53. The number of rotatable bonds is 5. The summed E-state index contributed by atoms with van der Waals surface area (Å²) in [6.07, 6.45) is 7.00. The zero-order valence-corrected chi connectivity index (χ0v) is 20.8. The summed E-state index contributed by atoms with van der Waals surface area (Å²) in [7, 11) is -0.110. The molecule has 0 aromatic rings. The molecule has 2 rings (SSSR count). The minimum Gasteiger partial charge on any atom is -0.466 e. The lowest BCUT2D eigenvalue weighted by Gasteiger charge is -2.53. The van der Waals surface area contributed by atoms with Crippen LogP contribution in [0.3, 0.4) is 0 Å². The normalized spacial score (nSPS) is 28.8. The van der Waals surface area contributed by atoms with Gasteiger partial charge in [-0.1, -0.05) is 26.7 Å². The van der Waals surface area contributed by atoms with Crippen molar-refractivity contribution in [3.63, 3.8) is 0 Å². The fourth-order valence-corrected chi connectivity index (χ4v) is 5.24. The van der Waals surface area contributed by atoms with Gasteiger partial charge in [0.15, 0.2) is 14.1 Å². The van der Waals surface area contributed by atoms with Gasteiger partial charge in [0.1, 0.15) is 11.9 Å². The molecule has 2 unspecified atom stereocenters. The predicted molar refractivity (Wildman–Crippen MR) is 118 cm³/mol. The number of carbonyl (C=O) groups is 3. The van der Waals surface area contributed by atoms with Crippen molar-refractivity contribution in [2.45, 2.75) is 62.8 Å². The van der Waals surface area contributed by atoms with Gasteiger partial charge in [0, 0.05) is 12.5 Å². The van der Waals surface area contributed by atoms with E-state index >= 15 is 0 Å². The van der Waals surface area contributed by atoms with Gasteiger partial charge in [-0.2, -0.15) is 0 Å². The molecule has 3 atom stereocenters. The highest BCUT2D eigenvalue weighted by atomic mass is 28.4. The van der Waals surface area contributed by atoms with Crippen LogP contribution >= 0.6 is 0 Å². The second-order valence-electron chi connectivity index (χ2n) is 9.42. The van der Waals surface area contributed by atoms with E-state index in [1.807, 2.05) is 33.9 Å². The summed E-state index contributed by atoms with van der Waals surface area (Å²) >= 11 is 0. The highest BCUT2D eigenvalue weighted by Crippen LogP contribution is 2.51. The molecule has 1 amide bonds. The number of aldehydes is 1. The van der Waals surface area contributed by atoms with E-state index in [1.54, 1.807) is 0 Å². The molecule has 0 aromatic heterocycles. The third-order valence-corrected chi connectivity index (χ3v) is 10.9. The zero-order valence-electron chi connectivity index (χ0n) is 19.8. The highest BCUT2D eigenvalue weighted by Gasteiger charge is 2.63. The van der Waals surface area contributed by atoms with Crippen LogP contribution in [0.1, 0.15) is 27.2 Å². The first-order chi connectivity index (χ1) is 14.8. The first kappa shape index (κ1) is 26.1. The Labute approximate surface area is 190 Å². The number of hydrogen-bond donors (Lipinski definition) is 1. The summed E-state index contributed by atoms with van der Waals surface area (Å²) < 4.78 is 28.2. The fourth-order valence-electron chi connectivity index (χ4n) is 3.82. The lowest BCUT2D eigenvalue weighted by molar-refractivity contribution is -0.217. The maximum absolute atomic E-state index is 12.4. The van der Waals surface area contributed by atoms with Gasteiger partial charge in [-0.15, -0.1) is 6.42 Å². The van der Waals surface area contributed by atoms with Crippen molar-refractivity contribution in [2.75, 3.05) is 27.4 Å². The molecule has 10 heteroatoms. The van der Waals surface area contributed by atoms with Crippen molar-refractivity contribution in [1.29, 1.82) is 0 Å². The Hall–Kier alpha value is -2.19. The standard InChI is InChI=1S/C22H33NO8Si/c1-9-21(31-32(7,8)20(2,3)4)14-22(29-10-11-30-22)18(23-19(26)28-6)15(13-24)16(21)12-17(25)27-5/h1,12-13,15,18H,10-11,14H2,2-8H3,(H,23,26)/b16-12+/t15?,18?,21-/m0/s1. The first-order valence-corrected chi connectivity index (χ1v) is 13.3. The Morgan fingerprint density at radius 2 is 1.81 bits per heavy atom. The number of ether oxygens (including phenoxy) is 4. The van der Waals surface area contributed by atoms with Crippen LogP contribution in [-0.4, -0.2) is 71.5 Å². The largest absolute Gasteiger partial charge is 0.466 e. The molecular weight excluding hydrogens is 434 g/mol. The number of carbonyl (C=O) groups excluding carboxylic acids is 3. The van der Waals surface area contributed by atoms with Gasteiger partial charge in [0.05, 0.1) is 39.4 Å². The average Bonchev–Trinajstić information content (AvgIpc) is 3.18. The van der Waals surface area contributed by atoms with Crippen LogP contribution in [0.5, 0.6) is 0 Å². The maximum Gasteiger partial charge on any atom is 0.407 e. The monoisotopic (exact) mass is 467 g/mol. The number of esters is 1. The van der Waals surface area contributed by atoms with E-state index in [2.05, 4.69) is 11.2 Å². The van der Waals surface area contributed by atoms with Crippen molar-refractivity contribution in [3.05, 3.63) is 11.6 Å². The van der Waals surface area contributed by atoms with Crippen molar-refractivity contribution in [3.8, 4) is 12.3 Å². The van der Waals surface area contributed by atoms with E-state index in [9.17, 15) is 14.4 Å². The molecule has 1 saturated carbocycles. The Balaban J connectivity index is 2.74. The lowest BCUT2D eigenvalue weighted by atomic mass is 9.68. The van der Waals surface area contributed by atoms with E-state index in [-0.39, 0.29) is 30.2 Å². The molecule has 1 N–H and O–H groups in total. The van der Waals surface area contributed by atoms with Crippen LogP contribution in [0.4, 0.5) is 4.79 Å². The number of methoxy groups -OCH3 is 2. The van der Waals surface area contributed by atoms with Gasteiger partial charge in [-0.05, 0) is 23.7 Å². The fraction of sp³-hybridized carbons (Fsp3) is 0.682. The quantitative estimate of drug-likeness (QED) is 0.215. The van der Waals surface area contributed by atoms with Gasteiger partial charge < -0.3 is 33.5 Å². The van der Waals surface area contributed by atoms with Crippen molar-refractivity contribution >= 4 is 26.7 Å². The third kappa shape index (κ3) is 4.76. The summed E-state index contributed by atoms with van der Waals surface area (Å²) in [4.78, 5) is 36.8. The summed E-state index contributed by atoms with van der Waals surface area (Å²) in [5.74, 6) is -0.539. The molecular formula is C22H33NO8Si. The molecule has 2 aliphatic rings. The maximum atomic E-state index is 12.4. The third-order valence-electron chi connectivity index (χ3n) is 6.48. The molecule has 178 valence electrons. The molecule has 1 aliphatic heterocycles. The van der Waals surface area contributed by atoms with Crippen LogP contribution in [0.2, 0.25) is 18.1 Å². The number of hydrogen-bond acceptors (Lipinski definition) is 8. The Morgan fingerprint density at radius 1 is 1.22 bits per heavy atom.